The summed E-state index contributed by atoms with van der Waals surface area (Å²) in [6.07, 6.45) is 4.03. The summed E-state index contributed by atoms with van der Waals surface area (Å²) >= 11 is 0. The summed E-state index contributed by atoms with van der Waals surface area (Å²) in [6.45, 7) is 2.49. The molecule has 2 nitrogen and oxygen atoms in total. The van der Waals surface area contributed by atoms with E-state index >= 15 is 0 Å². The number of aromatic hydroxyl groups is 1. The second-order valence-corrected chi connectivity index (χ2v) is 5.78. The third-order valence-corrected chi connectivity index (χ3v) is 4.58. The number of phenolic OH excluding ortho intramolecular Hbond substituents is 1. The van der Waals surface area contributed by atoms with Gasteiger partial charge < -0.3 is 10.0 Å². The molecule has 1 aromatic carbocycles. The van der Waals surface area contributed by atoms with E-state index in [1.165, 1.54) is 37.9 Å². The molecule has 1 saturated carbocycles. The third kappa shape index (κ3) is 2.06. The van der Waals surface area contributed by atoms with E-state index < -0.39 is 0 Å². The molecule has 2 heteroatoms. The topological polar surface area (TPSA) is 23.5 Å². The summed E-state index contributed by atoms with van der Waals surface area (Å²) in [5.74, 6) is 2.75. The predicted molar refractivity (Wildman–Crippen MR) is 69.2 cm³/mol. The lowest BCUT2D eigenvalue weighted by Gasteiger charge is -2.33. The number of hydrogen-bond acceptors (Lipinski definition) is 2. The molecule has 0 aromatic heterocycles. The molecule has 92 valence electrons. The van der Waals surface area contributed by atoms with E-state index in [1.807, 2.05) is 12.1 Å². The van der Waals surface area contributed by atoms with Crippen LogP contribution in [0.1, 0.15) is 30.7 Å². The molecule has 2 fully saturated rings. The lowest BCUT2D eigenvalue weighted by Crippen LogP contribution is -2.25. The minimum Gasteiger partial charge on any atom is -0.508 e. The van der Waals surface area contributed by atoms with E-state index in [0.717, 1.165) is 11.8 Å². The summed E-state index contributed by atoms with van der Waals surface area (Å²) in [7, 11) is 2.23. The van der Waals surface area contributed by atoms with Gasteiger partial charge in [0.25, 0.3) is 0 Å². The van der Waals surface area contributed by atoms with E-state index in [1.54, 1.807) is 6.07 Å². The Kier molecular flexibility index (Phi) is 2.83. The van der Waals surface area contributed by atoms with Crippen LogP contribution in [0, 0.1) is 11.8 Å². The van der Waals surface area contributed by atoms with Crippen LogP contribution in [0.15, 0.2) is 24.3 Å². The van der Waals surface area contributed by atoms with Crippen LogP contribution in [0.4, 0.5) is 0 Å². The van der Waals surface area contributed by atoms with Crippen LogP contribution in [0.2, 0.25) is 0 Å². The first-order valence-electron chi connectivity index (χ1n) is 6.71. The van der Waals surface area contributed by atoms with Crippen LogP contribution in [0.3, 0.4) is 0 Å². The lowest BCUT2D eigenvalue weighted by atomic mass is 9.71. The zero-order valence-electron chi connectivity index (χ0n) is 10.5. The fourth-order valence-electron chi connectivity index (χ4n) is 3.86. The second kappa shape index (κ2) is 4.34. The van der Waals surface area contributed by atoms with Crippen molar-refractivity contribution in [2.24, 2.45) is 11.8 Å². The highest BCUT2D eigenvalue weighted by molar-refractivity contribution is 5.31. The molecule has 17 heavy (non-hydrogen) atoms. The van der Waals surface area contributed by atoms with Gasteiger partial charge in [-0.1, -0.05) is 18.6 Å². The molecule has 3 atom stereocenters. The van der Waals surface area contributed by atoms with Gasteiger partial charge in [0.15, 0.2) is 0 Å². The average molecular weight is 231 g/mol. The smallest absolute Gasteiger partial charge is 0.115 e. The Bertz CT molecular complexity index is 404. The molecule has 3 rings (SSSR count). The molecule has 2 aliphatic rings. The maximum absolute atomic E-state index is 9.63. The lowest BCUT2D eigenvalue weighted by molar-refractivity contribution is 0.257. The van der Waals surface area contributed by atoms with Crippen molar-refractivity contribution in [1.29, 1.82) is 0 Å². The van der Waals surface area contributed by atoms with Crippen molar-refractivity contribution in [1.82, 2.24) is 4.90 Å². The van der Waals surface area contributed by atoms with E-state index in [4.69, 9.17) is 0 Å². The van der Waals surface area contributed by atoms with Crippen molar-refractivity contribution < 1.29 is 5.11 Å². The van der Waals surface area contributed by atoms with Crippen molar-refractivity contribution in [3.8, 4) is 5.75 Å². The first-order chi connectivity index (χ1) is 8.24. The maximum Gasteiger partial charge on any atom is 0.115 e. The number of likely N-dealkylation sites (tertiary alicyclic amines) is 1. The SMILES string of the molecule is CN1CC2CCCC(c3cccc(O)c3)C2C1. The number of hydrogen-bond donors (Lipinski definition) is 1. The summed E-state index contributed by atoms with van der Waals surface area (Å²) < 4.78 is 0. The Morgan fingerprint density at radius 1 is 1.24 bits per heavy atom. The molecule has 0 radical (unpaired) electrons. The van der Waals surface area contributed by atoms with E-state index in [9.17, 15) is 5.11 Å². The highest BCUT2D eigenvalue weighted by atomic mass is 16.3. The fourth-order valence-corrected chi connectivity index (χ4v) is 3.86. The van der Waals surface area contributed by atoms with Gasteiger partial charge in [0.05, 0.1) is 0 Å². The van der Waals surface area contributed by atoms with Crippen molar-refractivity contribution in [3.05, 3.63) is 29.8 Å². The van der Waals surface area contributed by atoms with Gasteiger partial charge in [-0.05, 0) is 55.3 Å². The molecule has 0 amide bonds. The molecule has 1 saturated heterocycles. The number of phenols is 1. The van der Waals surface area contributed by atoms with Crippen LogP contribution >= 0.6 is 0 Å². The normalized spacial score (nSPS) is 33.6. The molecule has 1 heterocycles. The van der Waals surface area contributed by atoms with Gasteiger partial charge in [-0.15, -0.1) is 0 Å². The van der Waals surface area contributed by atoms with Gasteiger partial charge in [-0.2, -0.15) is 0 Å². The second-order valence-electron chi connectivity index (χ2n) is 5.78. The maximum atomic E-state index is 9.63. The molecule has 3 unspecified atom stereocenters. The Balaban J connectivity index is 1.87. The fraction of sp³-hybridized carbons (Fsp3) is 0.600. The van der Waals surface area contributed by atoms with Crippen molar-refractivity contribution in [2.75, 3.05) is 20.1 Å². The minimum absolute atomic E-state index is 0.413. The first-order valence-corrected chi connectivity index (χ1v) is 6.71. The molecular weight excluding hydrogens is 210 g/mol. The summed E-state index contributed by atoms with van der Waals surface area (Å²) in [5.41, 5.74) is 1.34. The number of benzene rings is 1. The first kappa shape index (κ1) is 11.1. The number of rotatable bonds is 1. The zero-order chi connectivity index (χ0) is 11.8. The van der Waals surface area contributed by atoms with Gasteiger partial charge in [-0.3, -0.25) is 0 Å². The minimum atomic E-state index is 0.413. The molecule has 1 aliphatic heterocycles. The van der Waals surface area contributed by atoms with Gasteiger partial charge >= 0.3 is 0 Å². The molecule has 1 aliphatic carbocycles. The van der Waals surface area contributed by atoms with E-state index in [-0.39, 0.29) is 0 Å². The molecular formula is C15H21NO. The molecule has 0 spiro atoms. The van der Waals surface area contributed by atoms with Crippen LogP contribution in [-0.4, -0.2) is 30.1 Å². The Morgan fingerprint density at radius 3 is 2.94 bits per heavy atom. The van der Waals surface area contributed by atoms with Gasteiger partial charge in [0.1, 0.15) is 5.75 Å². The van der Waals surface area contributed by atoms with Crippen molar-refractivity contribution in [2.45, 2.75) is 25.2 Å². The monoisotopic (exact) mass is 231 g/mol. The van der Waals surface area contributed by atoms with Gasteiger partial charge in [0.2, 0.25) is 0 Å². The van der Waals surface area contributed by atoms with Crippen molar-refractivity contribution in [3.63, 3.8) is 0 Å². The predicted octanol–water partition coefficient (Wildman–Crippen LogP) is 2.84. The molecule has 1 N–H and O–H groups in total. The highest BCUT2D eigenvalue weighted by Crippen LogP contribution is 2.45. The number of fused-ring (bicyclic) bond motifs is 1. The Labute approximate surface area is 103 Å². The third-order valence-electron chi connectivity index (χ3n) is 4.58. The van der Waals surface area contributed by atoms with Crippen LogP contribution < -0.4 is 0 Å². The Morgan fingerprint density at radius 2 is 2.12 bits per heavy atom. The van der Waals surface area contributed by atoms with Crippen LogP contribution in [0.25, 0.3) is 0 Å². The molecule has 0 bridgehead atoms. The summed E-state index contributed by atoms with van der Waals surface area (Å²) in [4.78, 5) is 2.47. The van der Waals surface area contributed by atoms with Crippen LogP contribution in [-0.2, 0) is 0 Å². The summed E-state index contributed by atoms with van der Waals surface area (Å²) in [5, 5.41) is 9.63. The van der Waals surface area contributed by atoms with Crippen molar-refractivity contribution >= 4 is 0 Å². The highest BCUT2D eigenvalue weighted by Gasteiger charge is 2.39. The quantitative estimate of drug-likeness (QED) is 0.803. The largest absolute Gasteiger partial charge is 0.508 e. The number of nitrogens with zero attached hydrogens (tertiary/aromatic N) is 1. The van der Waals surface area contributed by atoms with E-state index in [2.05, 4.69) is 18.0 Å². The standard InChI is InChI=1S/C15H21NO/c1-16-9-12-5-3-7-14(15(12)10-16)11-4-2-6-13(17)8-11/h2,4,6,8,12,14-15,17H,3,5,7,9-10H2,1H3. The zero-order valence-corrected chi connectivity index (χ0v) is 10.5. The van der Waals surface area contributed by atoms with Gasteiger partial charge in [0, 0.05) is 13.1 Å². The van der Waals surface area contributed by atoms with Crippen LogP contribution in [0.5, 0.6) is 5.75 Å². The summed E-state index contributed by atoms with van der Waals surface area (Å²) in [6, 6.07) is 7.90. The van der Waals surface area contributed by atoms with Gasteiger partial charge in [-0.25, -0.2) is 0 Å². The Hall–Kier alpha value is -1.02. The molecule has 1 aromatic rings. The van der Waals surface area contributed by atoms with E-state index in [0.29, 0.717) is 11.7 Å². The average Bonchev–Trinajstić information content (AvgIpc) is 2.68.